The molecule has 0 radical (unpaired) electrons. The number of benzene rings is 1. The second-order valence-electron chi connectivity index (χ2n) is 7.35. The van der Waals surface area contributed by atoms with Gasteiger partial charge in [0.05, 0.1) is 18.8 Å². The first-order valence-electron chi connectivity index (χ1n) is 9.20. The molecule has 2 aromatic rings. The number of ether oxygens (including phenoxy) is 1. The molecule has 1 fully saturated rings. The van der Waals surface area contributed by atoms with Gasteiger partial charge in [-0.2, -0.15) is 0 Å². The number of amides is 1. The van der Waals surface area contributed by atoms with Crippen LogP contribution in [0.5, 0.6) is 0 Å². The van der Waals surface area contributed by atoms with Crippen molar-refractivity contribution in [2.24, 2.45) is 5.92 Å². The van der Waals surface area contributed by atoms with Crippen molar-refractivity contribution in [3.63, 3.8) is 0 Å². The van der Waals surface area contributed by atoms with E-state index in [2.05, 4.69) is 22.6 Å². The van der Waals surface area contributed by atoms with Gasteiger partial charge in [0, 0.05) is 11.1 Å². The summed E-state index contributed by atoms with van der Waals surface area (Å²) in [6.45, 7) is 3.13. The average Bonchev–Trinajstić information content (AvgIpc) is 3.07. The molecular formula is C19H23ClN4O2. The van der Waals surface area contributed by atoms with Crippen molar-refractivity contribution in [1.82, 2.24) is 20.3 Å². The molecule has 138 valence electrons. The van der Waals surface area contributed by atoms with Gasteiger partial charge in [0.1, 0.15) is 6.10 Å². The predicted octanol–water partition coefficient (Wildman–Crippen LogP) is 3.51. The molecule has 26 heavy (non-hydrogen) atoms. The molecule has 0 bridgehead atoms. The van der Waals surface area contributed by atoms with E-state index >= 15 is 0 Å². The lowest BCUT2D eigenvalue weighted by Gasteiger charge is -2.27. The zero-order valence-corrected chi connectivity index (χ0v) is 15.6. The van der Waals surface area contributed by atoms with E-state index in [-0.39, 0.29) is 18.1 Å². The number of halogens is 1. The first kappa shape index (κ1) is 17.5. The lowest BCUT2D eigenvalue weighted by molar-refractivity contribution is -0.00178. The number of fused-ring (bicyclic) bond motifs is 1. The number of hydrogen-bond donors (Lipinski definition) is 1. The first-order valence-corrected chi connectivity index (χ1v) is 9.58. The minimum atomic E-state index is -0.139. The maximum Gasteiger partial charge on any atom is 0.274 e. The van der Waals surface area contributed by atoms with Gasteiger partial charge < -0.3 is 10.1 Å². The second-order valence-corrected chi connectivity index (χ2v) is 7.78. The Kier molecular flexibility index (Phi) is 4.96. The van der Waals surface area contributed by atoms with E-state index in [9.17, 15) is 4.79 Å². The number of aromatic nitrogens is 3. The van der Waals surface area contributed by atoms with Crippen molar-refractivity contribution in [3.05, 3.63) is 46.2 Å². The highest BCUT2D eigenvalue weighted by molar-refractivity contribution is 6.30. The number of carbonyl (C=O) groups excluding carboxylic acids is 1. The van der Waals surface area contributed by atoms with Crippen LogP contribution in [0.1, 0.15) is 60.5 Å². The number of nitrogens with zero attached hydrogens (tertiary/aromatic N) is 3. The topological polar surface area (TPSA) is 69.0 Å². The lowest BCUT2D eigenvalue weighted by Crippen LogP contribution is -2.38. The van der Waals surface area contributed by atoms with Crippen LogP contribution >= 0.6 is 11.6 Å². The quantitative estimate of drug-likeness (QED) is 0.892. The Balaban J connectivity index is 1.43. The number of carbonyl (C=O) groups is 1. The molecule has 1 amide bonds. The van der Waals surface area contributed by atoms with Crippen molar-refractivity contribution in [2.75, 3.05) is 0 Å². The monoisotopic (exact) mass is 374 g/mol. The highest BCUT2D eigenvalue weighted by Crippen LogP contribution is 2.28. The van der Waals surface area contributed by atoms with Crippen molar-refractivity contribution in [3.8, 4) is 0 Å². The zero-order chi connectivity index (χ0) is 18.1. The number of rotatable bonds is 3. The van der Waals surface area contributed by atoms with Crippen LogP contribution in [0.15, 0.2) is 24.3 Å². The molecule has 1 aliphatic carbocycles. The minimum Gasteiger partial charge on any atom is -0.365 e. The van der Waals surface area contributed by atoms with Gasteiger partial charge in [0.25, 0.3) is 5.91 Å². The molecule has 1 N–H and O–H groups in total. The standard InChI is InChI=1S/C19H23ClN4O2/c1-12-2-8-15(9-3-12)21-19(25)18-16-11-26-17(10-24(16)23-22-18)13-4-6-14(20)7-5-13/h4-7,12,15,17H,2-3,8-11H2,1H3,(H,21,25)/t12?,15?,17-/m0/s1. The molecule has 0 spiro atoms. The number of nitrogens with one attached hydrogen (secondary N) is 1. The molecule has 1 saturated carbocycles. The summed E-state index contributed by atoms with van der Waals surface area (Å²) < 4.78 is 7.74. The maximum absolute atomic E-state index is 12.6. The SMILES string of the molecule is CC1CCC(NC(=O)c2nnn3c2CO[C@H](c2ccc(Cl)cc2)C3)CC1. The van der Waals surface area contributed by atoms with E-state index in [1.54, 1.807) is 4.68 Å². The third-order valence-electron chi connectivity index (χ3n) is 5.41. The number of hydrogen-bond acceptors (Lipinski definition) is 4. The van der Waals surface area contributed by atoms with Gasteiger partial charge in [-0.1, -0.05) is 35.9 Å². The highest BCUT2D eigenvalue weighted by Gasteiger charge is 2.29. The highest BCUT2D eigenvalue weighted by atomic mass is 35.5. The summed E-state index contributed by atoms with van der Waals surface area (Å²) in [4.78, 5) is 12.6. The molecule has 2 aliphatic rings. The molecule has 0 saturated heterocycles. The predicted molar refractivity (Wildman–Crippen MR) is 97.9 cm³/mol. The van der Waals surface area contributed by atoms with Gasteiger partial charge in [0.15, 0.2) is 5.69 Å². The van der Waals surface area contributed by atoms with Gasteiger partial charge in [-0.3, -0.25) is 4.79 Å². The van der Waals surface area contributed by atoms with Gasteiger partial charge >= 0.3 is 0 Å². The molecule has 6 nitrogen and oxygen atoms in total. The Morgan fingerprint density at radius 3 is 2.69 bits per heavy atom. The normalized spacial score (nSPS) is 25.5. The van der Waals surface area contributed by atoms with Gasteiger partial charge in [-0.15, -0.1) is 5.10 Å². The molecule has 2 heterocycles. The smallest absolute Gasteiger partial charge is 0.274 e. The molecule has 1 aromatic heterocycles. The molecule has 1 atom stereocenters. The van der Waals surface area contributed by atoms with Crippen LogP contribution in [0.25, 0.3) is 0 Å². The van der Waals surface area contributed by atoms with Gasteiger partial charge in [-0.25, -0.2) is 4.68 Å². The Morgan fingerprint density at radius 1 is 1.23 bits per heavy atom. The fraction of sp³-hybridized carbons (Fsp3) is 0.526. The summed E-state index contributed by atoms with van der Waals surface area (Å²) >= 11 is 5.94. The Hall–Kier alpha value is -1.92. The van der Waals surface area contributed by atoms with E-state index in [0.717, 1.165) is 42.9 Å². The Bertz CT molecular complexity index is 781. The van der Waals surface area contributed by atoms with Crippen LogP contribution in [0.3, 0.4) is 0 Å². The van der Waals surface area contributed by atoms with E-state index < -0.39 is 0 Å². The van der Waals surface area contributed by atoms with E-state index in [4.69, 9.17) is 16.3 Å². The molecule has 7 heteroatoms. The first-order chi connectivity index (χ1) is 12.6. The van der Waals surface area contributed by atoms with Crippen molar-refractivity contribution in [1.29, 1.82) is 0 Å². The zero-order valence-electron chi connectivity index (χ0n) is 14.8. The van der Waals surface area contributed by atoms with Gasteiger partial charge in [-0.05, 0) is 49.3 Å². The summed E-state index contributed by atoms with van der Waals surface area (Å²) in [6, 6.07) is 7.84. The van der Waals surface area contributed by atoms with Crippen molar-refractivity contribution >= 4 is 17.5 Å². The summed E-state index contributed by atoms with van der Waals surface area (Å²) in [5, 5.41) is 12.1. The Labute approximate surface area is 157 Å². The van der Waals surface area contributed by atoms with E-state index in [1.807, 2.05) is 24.3 Å². The summed E-state index contributed by atoms with van der Waals surface area (Å²) in [5.74, 6) is 0.614. The Morgan fingerprint density at radius 2 is 1.96 bits per heavy atom. The fourth-order valence-corrected chi connectivity index (χ4v) is 3.85. The van der Waals surface area contributed by atoms with E-state index in [0.29, 0.717) is 23.9 Å². The van der Waals surface area contributed by atoms with Crippen LogP contribution < -0.4 is 5.32 Å². The fourth-order valence-electron chi connectivity index (χ4n) is 3.73. The molecule has 1 aliphatic heterocycles. The lowest BCUT2D eigenvalue weighted by atomic mass is 9.87. The van der Waals surface area contributed by atoms with Crippen LogP contribution in [0.4, 0.5) is 0 Å². The van der Waals surface area contributed by atoms with Crippen molar-refractivity contribution < 1.29 is 9.53 Å². The third-order valence-corrected chi connectivity index (χ3v) is 5.66. The molecule has 1 aromatic carbocycles. The summed E-state index contributed by atoms with van der Waals surface area (Å²) in [5.41, 5.74) is 2.17. The molecular weight excluding hydrogens is 352 g/mol. The van der Waals surface area contributed by atoms with Crippen LogP contribution in [0.2, 0.25) is 5.02 Å². The van der Waals surface area contributed by atoms with Crippen LogP contribution in [-0.2, 0) is 17.9 Å². The van der Waals surface area contributed by atoms with Crippen LogP contribution in [0, 0.1) is 5.92 Å². The van der Waals surface area contributed by atoms with E-state index in [1.165, 1.54) is 0 Å². The molecule has 0 unspecified atom stereocenters. The minimum absolute atomic E-state index is 0.114. The summed E-state index contributed by atoms with van der Waals surface area (Å²) in [6.07, 6.45) is 4.28. The maximum atomic E-state index is 12.6. The third kappa shape index (κ3) is 3.62. The second kappa shape index (κ2) is 7.37. The van der Waals surface area contributed by atoms with Crippen molar-refractivity contribution in [2.45, 2.75) is 57.9 Å². The summed E-state index contributed by atoms with van der Waals surface area (Å²) in [7, 11) is 0. The molecule has 4 rings (SSSR count). The average molecular weight is 375 g/mol. The van der Waals surface area contributed by atoms with Gasteiger partial charge in [0.2, 0.25) is 0 Å². The van der Waals surface area contributed by atoms with Crippen LogP contribution in [-0.4, -0.2) is 26.9 Å². The largest absolute Gasteiger partial charge is 0.365 e.